The average Bonchev–Trinajstić information content (AvgIpc) is 3.18. The number of hydrogen-bond donors (Lipinski definition) is 4. The van der Waals surface area contributed by atoms with Crippen molar-refractivity contribution in [2.45, 2.75) is 20.8 Å². The summed E-state index contributed by atoms with van der Waals surface area (Å²) in [5, 5.41) is 13.7. The molecule has 0 saturated heterocycles. The number of carbonyl (C=O) groups is 3. The Hall–Kier alpha value is -2.18. The zero-order chi connectivity index (χ0) is 21.7. The van der Waals surface area contributed by atoms with E-state index in [-0.39, 0.29) is 44.0 Å². The van der Waals surface area contributed by atoms with Crippen LogP contribution < -0.4 is 11.7 Å². The topological polar surface area (TPSA) is 174 Å². The molecule has 1 rings (SSSR count). The van der Waals surface area contributed by atoms with Crippen molar-refractivity contribution >= 4 is 42.5 Å². The summed E-state index contributed by atoms with van der Waals surface area (Å²) in [7, 11) is 3.52. The number of ketones is 1. The maximum atomic E-state index is 10.8. The van der Waals surface area contributed by atoms with Gasteiger partial charge in [0.05, 0.1) is 13.2 Å². The second-order valence-electron chi connectivity index (χ2n) is 4.37. The Morgan fingerprint density at radius 2 is 1.62 bits per heavy atom. The summed E-state index contributed by atoms with van der Waals surface area (Å²) >= 11 is 0. The number of rotatable bonds is 6. The summed E-state index contributed by atoms with van der Waals surface area (Å²) in [6, 6.07) is 1.57. The minimum absolute atomic E-state index is 0. The number of aliphatic hydroxyl groups excluding tert-OH is 1. The quantitative estimate of drug-likeness (QED) is 0.153. The number of aromatic amines is 1. The van der Waals surface area contributed by atoms with E-state index in [4.69, 9.17) is 5.11 Å². The van der Waals surface area contributed by atoms with E-state index in [1.165, 1.54) is 18.5 Å². The third kappa shape index (κ3) is 25.8. The fourth-order valence-electron chi connectivity index (χ4n) is 1.07. The number of nitrogens with two attached hydrogens (primary N) is 2. The number of hydrogen-bond acceptors (Lipinski definition) is 10. The van der Waals surface area contributed by atoms with Gasteiger partial charge in [-0.15, -0.1) is 24.8 Å². The van der Waals surface area contributed by atoms with Crippen LogP contribution in [0.25, 0.3) is 0 Å². The Labute approximate surface area is 183 Å². The van der Waals surface area contributed by atoms with Crippen LogP contribution in [0.3, 0.4) is 0 Å². The highest BCUT2D eigenvalue weighted by Crippen LogP contribution is 1.93. The normalized spacial score (nSPS) is 8.14. The van der Waals surface area contributed by atoms with E-state index in [1.54, 1.807) is 45.8 Å². The van der Waals surface area contributed by atoms with E-state index in [1.807, 2.05) is 0 Å². The van der Waals surface area contributed by atoms with Crippen molar-refractivity contribution in [3.63, 3.8) is 0 Å². The average molecular weight is 462 g/mol. The summed E-state index contributed by atoms with van der Waals surface area (Å²) in [5.41, 5.74) is 0.391. The Morgan fingerprint density at radius 1 is 1.14 bits per heavy atom. The van der Waals surface area contributed by atoms with E-state index >= 15 is 0 Å². The van der Waals surface area contributed by atoms with E-state index in [9.17, 15) is 14.4 Å². The molecule has 0 unspecified atom stereocenters. The number of carbonyl (C=O) groups excluding carboxylic acids is 3. The van der Waals surface area contributed by atoms with Gasteiger partial charge in [-0.2, -0.15) is 5.10 Å². The number of ether oxygens (including phenoxy) is 2. The molecular formula is C16H33Cl2N5O6. The van der Waals surface area contributed by atoms with Gasteiger partial charge >= 0.3 is 11.9 Å². The molecule has 6 N–H and O–H groups in total. The molecule has 11 nitrogen and oxygen atoms in total. The molecule has 0 spiro atoms. The van der Waals surface area contributed by atoms with Crippen LogP contribution in [0.5, 0.6) is 0 Å². The fraction of sp³-hybridized carbons (Fsp3) is 0.500. The number of hydrazine groups is 1. The lowest BCUT2D eigenvalue weighted by molar-refractivity contribution is -0.151. The lowest BCUT2D eigenvalue weighted by atomic mass is 10.4. The van der Waals surface area contributed by atoms with Gasteiger partial charge in [0.15, 0.2) is 0 Å². The summed E-state index contributed by atoms with van der Waals surface area (Å²) in [6.07, 6.45) is 4.18. The number of halogens is 2. The van der Waals surface area contributed by atoms with Crippen molar-refractivity contribution in [3.8, 4) is 0 Å². The van der Waals surface area contributed by atoms with Gasteiger partial charge in [-0.3, -0.25) is 21.6 Å². The van der Waals surface area contributed by atoms with Gasteiger partial charge in [-0.1, -0.05) is 0 Å². The molecule has 29 heavy (non-hydrogen) atoms. The van der Waals surface area contributed by atoms with Gasteiger partial charge in [0.1, 0.15) is 5.69 Å². The Kier molecular flexibility index (Phi) is 36.3. The summed E-state index contributed by atoms with van der Waals surface area (Å²) in [5.74, 6) is 6.20. The number of nitrogens with zero attached hydrogens (tertiary/aromatic N) is 2. The van der Waals surface area contributed by atoms with Crippen LogP contribution >= 0.6 is 24.8 Å². The number of esters is 2. The first kappa shape index (κ1) is 37.6. The van der Waals surface area contributed by atoms with Gasteiger partial charge in [0, 0.05) is 39.2 Å². The molecule has 0 amide bonds. The number of H-pyrrole nitrogens is 1. The maximum absolute atomic E-state index is 10.8. The van der Waals surface area contributed by atoms with Crippen LogP contribution in [-0.4, -0.2) is 71.8 Å². The van der Waals surface area contributed by atoms with Crippen LogP contribution in [0.4, 0.5) is 0 Å². The van der Waals surface area contributed by atoms with Crippen molar-refractivity contribution in [2.75, 3.05) is 33.9 Å². The van der Waals surface area contributed by atoms with E-state index in [0.29, 0.717) is 12.3 Å². The zero-order valence-electron chi connectivity index (χ0n) is 17.3. The molecule has 13 heteroatoms. The van der Waals surface area contributed by atoms with Crippen molar-refractivity contribution in [2.24, 2.45) is 11.7 Å². The second-order valence-corrected chi connectivity index (χ2v) is 4.37. The predicted octanol–water partition coefficient (Wildman–Crippen LogP) is 0.441. The molecule has 0 bridgehead atoms. The second kappa shape index (κ2) is 28.0. The van der Waals surface area contributed by atoms with Crippen molar-refractivity contribution < 1.29 is 29.0 Å². The monoisotopic (exact) mass is 461 g/mol. The van der Waals surface area contributed by atoms with Gasteiger partial charge in [-0.05, 0) is 26.8 Å². The molecule has 0 radical (unpaired) electrons. The van der Waals surface area contributed by atoms with Crippen LogP contribution in [0.15, 0.2) is 24.5 Å². The highest BCUT2D eigenvalue weighted by atomic mass is 35.5. The molecule has 0 aliphatic heterocycles. The van der Waals surface area contributed by atoms with Crippen molar-refractivity contribution in [3.05, 3.63) is 30.2 Å². The lowest BCUT2D eigenvalue weighted by Gasteiger charge is -2.02. The molecule has 1 aromatic heterocycles. The van der Waals surface area contributed by atoms with E-state index < -0.39 is 11.8 Å². The molecule has 1 heterocycles. The predicted molar refractivity (Wildman–Crippen MR) is 115 cm³/mol. The lowest BCUT2D eigenvalue weighted by Crippen LogP contribution is -2.15. The third-order valence-corrected chi connectivity index (χ3v) is 2.00. The zero-order valence-corrected chi connectivity index (χ0v) is 18.9. The van der Waals surface area contributed by atoms with Crippen LogP contribution in [0, 0.1) is 0 Å². The molecule has 0 fully saturated rings. The Bertz CT molecular complexity index is 528. The van der Waals surface area contributed by atoms with Gasteiger partial charge in [0.25, 0.3) is 5.78 Å². The third-order valence-electron chi connectivity index (χ3n) is 2.00. The van der Waals surface area contributed by atoms with Crippen LogP contribution in [0.1, 0.15) is 31.3 Å². The number of aromatic nitrogens is 2. The summed E-state index contributed by atoms with van der Waals surface area (Å²) in [6.45, 7) is 5.95. The molecule has 1 aromatic rings. The van der Waals surface area contributed by atoms with Gasteiger partial charge < -0.3 is 19.5 Å². The first-order valence-electron chi connectivity index (χ1n) is 8.00. The summed E-state index contributed by atoms with van der Waals surface area (Å²) < 4.78 is 9.15. The molecular weight excluding hydrogens is 429 g/mol. The minimum Gasteiger partial charge on any atom is -0.461 e. The first-order valence-corrected chi connectivity index (χ1v) is 8.00. The van der Waals surface area contributed by atoms with Crippen molar-refractivity contribution in [1.29, 1.82) is 0 Å². The minimum atomic E-state index is -0.810. The fourth-order valence-corrected chi connectivity index (χ4v) is 1.07. The molecule has 0 aliphatic carbocycles. The number of aliphatic hydroxyl groups is 1. The Balaban J connectivity index is -0.000000103. The van der Waals surface area contributed by atoms with E-state index in [2.05, 4.69) is 31.4 Å². The Morgan fingerprint density at radius 3 is 1.97 bits per heavy atom. The standard InChI is InChI=1S/C8H13NO3.C6H8N2O2.C2H6O.2ClH.H4N2/c1-4-12-8(11)7(10)5-6-9(2)3;1-2-10-6(9)5-3-4-7-8-5;1-2-3;;;1-2/h5-6H,4H2,1-3H3;3-4H,2H2,1H3,(H,7,8);3H,2H2,1H3;2*1H;1-2H2/b6-5+;;;;;. The molecule has 172 valence electrons. The smallest absolute Gasteiger partial charge is 0.379 e. The molecule has 0 aliphatic rings. The molecule has 0 atom stereocenters. The highest BCUT2D eigenvalue weighted by Gasteiger charge is 2.09. The van der Waals surface area contributed by atoms with Crippen LogP contribution in [-0.2, 0) is 19.1 Å². The molecule has 0 saturated carbocycles. The maximum Gasteiger partial charge on any atom is 0.379 e. The largest absolute Gasteiger partial charge is 0.461 e. The van der Waals surface area contributed by atoms with Crippen LogP contribution in [0.2, 0.25) is 0 Å². The number of nitrogens with one attached hydrogen (secondary N) is 1. The van der Waals surface area contributed by atoms with Crippen molar-refractivity contribution in [1.82, 2.24) is 15.1 Å². The van der Waals surface area contributed by atoms with E-state index in [0.717, 1.165) is 0 Å². The highest BCUT2D eigenvalue weighted by molar-refractivity contribution is 6.38. The summed E-state index contributed by atoms with van der Waals surface area (Å²) in [4.78, 5) is 34.0. The SMILES string of the molecule is CCO.CCOC(=O)C(=O)/C=C/N(C)C.CCOC(=O)c1ccn[nH]1.Cl.Cl.NN. The molecule has 0 aromatic carbocycles. The van der Waals surface area contributed by atoms with Gasteiger partial charge in [-0.25, -0.2) is 9.59 Å². The van der Waals surface area contributed by atoms with Gasteiger partial charge in [0.2, 0.25) is 0 Å². The first-order chi connectivity index (χ1) is 12.8.